The molecule has 20 heavy (non-hydrogen) atoms. The van der Waals surface area contributed by atoms with Crippen molar-refractivity contribution in [3.63, 3.8) is 0 Å². The summed E-state index contributed by atoms with van der Waals surface area (Å²) < 4.78 is 28.1. The number of rotatable bonds is 3. The summed E-state index contributed by atoms with van der Waals surface area (Å²) in [4.78, 5) is 12.2. The number of amides is 1. The molecule has 0 aliphatic carbocycles. The zero-order valence-electron chi connectivity index (χ0n) is 11.5. The van der Waals surface area contributed by atoms with E-state index in [2.05, 4.69) is 5.32 Å². The molecule has 1 aromatic carbocycles. The maximum absolute atomic E-state index is 12.2. The molecule has 1 saturated heterocycles. The molecule has 2 rings (SSSR count). The van der Waals surface area contributed by atoms with Crippen molar-refractivity contribution in [3.8, 4) is 5.75 Å². The topological polar surface area (TPSA) is 98.5 Å². The first-order valence-corrected chi connectivity index (χ1v) is 8.03. The van der Waals surface area contributed by atoms with Crippen LogP contribution in [0.5, 0.6) is 5.75 Å². The lowest BCUT2D eigenvalue weighted by Gasteiger charge is -2.24. The Hall–Kier alpha value is -1.76. The summed E-state index contributed by atoms with van der Waals surface area (Å²) in [6.07, 6.45) is 0.423. The molecular formula is C13H18N2O4S. The van der Waals surface area contributed by atoms with E-state index in [0.717, 1.165) is 0 Å². The Morgan fingerprint density at radius 3 is 2.65 bits per heavy atom. The van der Waals surface area contributed by atoms with Crippen LogP contribution in [0.4, 0.5) is 5.69 Å². The number of hydrogen-bond donors (Lipinski definition) is 2. The van der Waals surface area contributed by atoms with Gasteiger partial charge in [0.1, 0.15) is 5.75 Å². The SMILES string of the molecule is COc1ccc(C(=O)NC2(C)CCS(=O)(=O)C2)cc1N. The predicted molar refractivity (Wildman–Crippen MR) is 76.5 cm³/mol. The minimum absolute atomic E-state index is 0.0304. The number of anilines is 1. The van der Waals surface area contributed by atoms with Crippen molar-refractivity contribution in [1.29, 1.82) is 0 Å². The third-order valence-electron chi connectivity index (χ3n) is 3.41. The molecule has 7 heteroatoms. The number of nitrogens with two attached hydrogens (primary N) is 1. The van der Waals surface area contributed by atoms with E-state index in [1.807, 2.05) is 0 Å². The summed E-state index contributed by atoms with van der Waals surface area (Å²) in [7, 11) is -1.56. The molecule has 0 radical (unpaired) electrons. The molecule has 0 bridgehead atoms. The van der Waals surface area contributed by atoms with E-state index < -0.39 is 15.4 Å². The number of methoxy groups -OCH3 is 1. The van der Waals surface area contributed by atoms with Crippen molar-refractivity contribution < 1.29 is 17.9 Å². The van der Waals surface area contributed by atoms with Gasteiger partial charge in [-0.2, -0.15) is 0 Å². The first-order valence-electron chi connectivity index (χ1n) is 6.21. The molecule has 1 unspecified atom stereocenters. The highest BCUT2D eigenvalue weighted by Crippen LogP contribution is 2.25. The molecule has 0 spiro atoms. The summed E-state index contributed by atoms with van der Waals surface area (Å²) in [5, 5.41) is 2.78. The number of benzene rings is 1. The smallest absolute Gasteiger partial charge is 0.251 e. The monoisotopic (exact) mass is 298 g/mol. The van der Waals surface area contributed by atoms with Crippen molar-refractivity contribution >= 4 is 21.4 Å². The quantitative estimate of drug-likeness (QED) is 0.796. The summed E-state index contributed by atoms with van der Waals surface area (Å²) in [6, 6.07) is 4.72. The summed E-state index contributed by atoms with van der Waals surface area (Å²) in [6.45, 7) is 1.74. The number of nitrogen functional groups attached to an aromatic ring is 1. The molecule has 3 N–H and O–H groups in total. The summed E-state index contributed by atoms with van der Waals surface area (Å²) in [5.41, 5.74) is 5.78. The van der Waals surface area contributed by atoms with Crippen LogP contribution in [0.2, 0.25) is 0 Å². The maximum atomic E-state index is 12.2. The zero-order valence-corrected chi connectivity index (χ0v) is 12.3. The van der Waals surface area contributed by atoms with E-state index in [4.69, 9.17) is 10.5 Å². The fraction of sp³-hybridized carbons (Fsp3) is 0.462. The second kappa shape index (κ2) is 4.97. The molecule has 1 aliphatic heterocycles. The maximum Gasteiger partial charge on any atom is 0.251 e. The van der Waals surface area contributed by atoms with Crippen LogP contribution < -0.4 is 15.8 Å². The van der Waals surface area contributed by atoms with Gasteiger partial charge in [0, 0.05) is 5.56 Å². The van der Waals surface area contributed by atoms with Gasteiger partial charge in [0.05, 0.1) is 29.8 Å². The number of carbonyl (C=O) groups excluding carboxylic acids is 1. The van der Waals surface area contributed by atoms with Crippen molar-refractivity contribution in [3.05, 3.63) is 23.8 Å². The molecule has 1 aromatic rings. The van der Waals surface area contributed by atoms with Crippen molar-refractivity contribution in [2.24, 2.45) is 0 Å². The van der Waals surface area contributed by atoms with E-state index >= 15 is 0 Å². The predicted octanol–water partition coefficient (Wildman–Crippen LogP) is 0.584. The summed E-state index contributed by atoms with van der Waals surface area (Å²) in [5.74, 6) is 0.237. The molecule has 1 atom stereocenters. The Balaban J connectivity index is 2.15. The number of ether oxygens (including phenoxy) is 1. The van der Waals surface area contributed by atoms with Gasteiger partial charge in [0.15, 0.2) is 9.84 Å². The first-order chi connectivity index (χ1) is 9.25. The fourth-order valence-electron chi connectivity index (χ4n) is 2.33. The standard InChI is InChI=1S/C13H18N2O4S/c1-13(5-6-20(17,18)8-13)15-12(16)9-3-4-11(19-2)10(14)7-9/h3-4,7H,5-6,8,14H2,1-2H3,(H,15,16). The largest absolute Gasteiger partial charge is 0.495 e. The molecule has 1 aliphatic rings. The Morgan fingerprint density at radius 1 is 1.45 bits per heavy atom. The van der Waals surface area contributed by atoms with Gasteiger partial charge in [0.25, 0.3) is 5.91 Å². The average Bonchev–Trinajstić information content (AvgIpc) is 2.63. The van der Waals surface area contributed by atoms with Crippen LogP contribution >= 0.6 is 0 Å². The Kier molecular flexibility index (Phi) is 3.64. The van der Waals surface area contributed by atoms with Gasteiger partial charge < -0.3 is 15.8 Å². The normalized spacial score (nSPS) is 24.3. The second-order valence-electron chi connectivity index (χ2n) is 5.31. The molecule has 1 heterocycles. The highest BCUT2D eigenvalue weighted by atomic mass is 32.2. The lowest BCUT2D eigenvalue weighted by molar-refractivity contribution is 0.0915. The Morgan fingerprint density at radius 2 is 2.15 bits per heavy atom. The van der Waals surface area contributed by atoms with Crippen LogP contribution in [0.1, 0.15) is 23.7 Å². The molecule has 0 aromatic heterocycles. The van der Waals surface area contributed by atoms with E-state index in [0.29, 0.717) is 23.4 Å². The highest BCUT2D eigenvalue weighted by Gasteiger charge is 2.39. The minimum Gasteiger partial charge on any atom is -0.495 e. The van der Waals surface area contributed by atoms with E-state index in [1.54, 1.807) is 19.1 Å². The van der Waals surface area contributed by atoms with Crippen LogP contribution in [0.25, 0.3) is 0 Å². The van der Waals surface area contributed by atoms with Crippen LogP contribution in [0.15, 0.2) is 18.2 Å². The number of hydrogen-bond acceptors (Lipinski definition) is 5. The van der Waals surface area contributed by atoms with Crippen molar-refractivity contribution in [1.82, 2.24) is 5.32 Å². The van der Waals surface area contributed by atoms with E-state index in [-0.39, 0.29) is 17.4 Å². The lowest BCUT2D eigenvalue weighted by Crippen LogP contribution is -2.46. The highest BCUT2D eigenvalue weighted by molar-refractivity contribution is 7.91. The van der Waals surface area contributed by atoms with Gasteiger partial charge in [-0.25, -0.2) is 8.42 Å². The van der Waals surface area contributed by atoms with Gasteiger partial charge >= 0.3 is 0 Å². The van der Waals surface area contributed by atoms with Gasteiger partial charge in [-0.3, -0.25) is 4.79 Å². The molecule has 0 saturated carbocycles. The van der Waals surface area contributed by atoms with Gasteiger partial charge in [-0.1, -0.05) is 0 Å². The summed E-state index contributed by atoms with van der Waals surface area (Å²) >= 11 is 0. The zero-order chi connectivity index (χ0) is 15.0. The molecule has 110 valence electrons. The Bertz CT molecular complexity index is 642. The van der Waals surface area contributed by atoms with Gasteiger partial charge in [-0.15, -0.1) is 0 Å². The minimum atomic E-state index is -3.06. The second-order valence-corrected chi connectivity index (χ2v) is 7.50. The van der Waals surface area contributed by atoms with Gasteiger partial charge in [-0.05, 0) is 31.5 Å². The number of sulfone groups is 1. The molecule has 1 amide bonds. The van der Waals surface area contributed by atoms with Crippen LogP contribution in [0.3, 0.4) is 0 Å². The van der Waals surface area contributed by atoms with Crippen LogP contribution in [-0.4, -0.2) is 38.5 Å². The Labute approximate surface area is 118 Å². The molecule has 1 fully saturated rings. The van der Waals surface area contributed by atoms with Crippen LogP contribution in [-0.2, 0) is 9.84 Å². The third kappa shape index (κ3) is 3.04. The van der Waals surface area contributed by atoms with Crippen LogP contribution in [0, 0.1) is 0 Å². The third-order valence-corrected chi connectivity index (χ3v) is 5.31. The van der Waals surface area contributed by atoms with E-state index in [9.17, 15) is 13.2 Å². The first kappa shape index (κ1) is 14.6. The van der Waals surface area contributed by atoms with E-state index in [1.165, 1.54) is 13.2 Å². The van der Waals surface area contributed by atoms with Crippen molar-refractivity contribution in [2.75, 3.05) is 24.3 Å². The van der Waals surface area contributed by atoms with Gasteiger partial charge in [0.2, 0.25) is 0 Å². The average molecular weight is 298 g/mol. The number of nitrogens with one attached hydrogen (secondary N) is 1. The molecule has 6 nitrogen and oxygen atoms in total. The van der Waals surface area contributed by atoms with Crippen molar-refractivity contribution in [2.45, 2.75) is 18.9 Å². The lowest BCUT2D eigenvalue weighted by atomic mass is 10.0. The fourth-order valence-corrected chi connectivity index (χ4v) is 4.42. The number of carbonyl (C=O) groups is 1. The molecular weight excluding hydrogens is 280 g/mol.